The molecule has 1 heterocycles. The van der Waals surface area contributed by atoms with Gasteiger partial charge in [-0.2, -0.15) is 0 Å². The Kier molecular flexibility index (Phi) is 7.04. The fourth-order valence-electron chi connectivity index (χ4n) is 3.39. The maximum absolute atomic E-state index is 14.6. The lowest BCUT2D eigenvalue weighted by Crippen LogP contribution is -2.46. The third-order valence-corrected chi connectivity index (χ3v) is 6.64. The molecule has 1 aliphatic heterocycles. The summed E-state index contributed by atoms with van der Waals surface area (Å²) in [6, 6.07) is 8.21. The lowest BCUT2D eigenvalue weighted by Gasteiger charge is -2.38. The molecule has 2 aromatic rings. The van der Waals surface area contributed by atoms with Crippen molar-refractivity contribution in [1.29, 1.82) is 0 Å². The van der Waals surface area contributed by atoms with Crippen molar-refractivity contribution in [2.24, 2.45) is 0 Å². The van der Waals surface area contributed by atoms with E-state index in [1.807, 2.05) is 11.8 Å². The van der Waals surface area contributed by atoms with Crippen LogP contribution in [0.4, 0.5) is 10.1 Å². The van der Waals surface area contributed by atoms with Gasteiger partial charge in [-0.25, -0.2) is 17.5 Å². The Morgan fingerprint density at radius 2 is 2.03 bits per heavy atom. The molecular weight excluding hydrogens is 437 g/mol. The average Bonchev–Trinajstić information content (AvgIpc) is 2.70. The zero-order chi connectivity index (χ0) is 21.9. The van der Waals surface area contributed by atoms with Gasteiger partial charge in [0.05, 0.1) is 28.6 Å². The molecule has 1 fully saturated rings. The van der Waals surface area contributed by atoms with Crippen LogP contribution in [0, 0.1) is 15.9 Å². The van der Waals surface area contributed by atoms with Crippen LogP contribution in [0.15, 0.2) is 47.4 Å². The number of rotatable bonds is 7. The maximum atomic E-state index is 14.6. The molecule has 1 N–H and O–H groups in total. The molecule has 0 aromatic heterocycles. The Bertz CT molecular complexity index is 999. The highest BCUT2D eigenvalue weighted by atomic mass is 35.5. The van der Waals surface area contributed by atoms with Gasteiger partial charge in [0.2, 0.25) is 10.0 Å². The van der Waals surface area contributed by atoms with Crippen molar-refractivity contribution in [1.82, 2.24) is 9.62 Å². The molecule has 0 aliphatic carbocycles. The van der Waals surface area contributed by atoms with E-state index in [2.05, 4.69) is 4.72 Å². The molecule has 30 heavy (non-hydrogen) atoms. The van der Waals surface area contributed by atoms with E-state index in [0.717, 1.165) is 24.3 Å². The Morgan fingerprint density at radius 3 is 2.63 bits per heavy atom. The molecule has 0 bridgehead atoms. The summed E-state index contributed by atoms with van der Waals surface area (Å²) < 4.78 is 48.1. The number of nitro benzene ring substituents is 1. The summed E-state index contributed by atoms with van der Waals surface area (Å²) in [5, 5.41) is 11.0. The van der Waals surface area contributed by atoms with E-state index in [9.17, 15) is 22.9 Å². The molecule has 2 aromatic carbocycles. The third kappa shape index (κ3) is 5.13. The highest BCUT2D eigenvalue weighted by Crippen LogP contribution is 2.31. The molecule has 0 radical (unpaired) electrons. The topological polar surface area (TPSA) is 102 Å². The number of nitro groups is 1. The number of non-ortho nitro benzene ring substituents is 1. The first-order valence-electron chi connectivity index (χ1n) is 9.22. The third-order valence-electron chi connectivity index (χ3n) is 4.87. The summed E-state index contributed by atoms with van der Waals surface area (Å²) in [5.41, 5.74) is -0.00747. The summed E-state index contributed by atoms with van der Waals surface area (Å²) in [6.45, 7) is 3.15. The zero-order valence-corrected chi connectivity index (χ0v) is 17.7. The number of nitrogens with zero attached hydrogens (tertiary/aromatic N) is 2. The molecule has 162 valence electrons. The van der Waals surface area contributed by atoms with Crippen LogP contribution in [0.5, 0.6) is 0 Å². The first-order chi connectivity index (χ1) is 14.2. The summed E-state index contributed by atoms with van der Waals surface area (Å²) >= 11 is 6.25. The average molecular weight is 458 g/mol. The fraction of sp³-hybridized carbons (Fsp3) is 0.368. The fourth-order valence-corrected chi connectivity index (χ4v) is 4.72. The second-order valence-electron chi connectivity index (χ2n) is 6.93. The van der Waals surface area contributed by atoms with Gasteiger partial charge in [-0.05, 0) is 31.2 Å². The normalized spacial score (nSPS) is 18.8. The minimum absolute atomic E-state index is 0.0990. The van der Waals surface area contributed by atoms with Crippen LogP contribution in [-0.4, -0.2) is 50.6 Å². The van der Waals surface area contributed by atoms with E-state index in [1.54, 1.807) is 6.07 Å². The van der Waals surface area contributed by atoms with Crippen LogP contribution >= 0.6 is 11.6 Å². The molecule has 8 nitrogen and oxygen atoms in total. The number of sulfonamides is 1. The lowest BCUT2D eigenvalue weighted by atomic mass is 10.0. The Balaban J connectivity index is 1.86. The quantitative estimate of drug-likeness (QED) is 0.506. The largest absolute Gasteiger partial charge is 0.376 e. The van der Waals surface area contributed by atoms with Gasteiger partial charge in [0.1, 0.15) is 5.82 Å². The molecule has 0 saturated carbocycles. The van der Waals surface area contributed by atoms with Gasteiger partial charge in [0.25, 0.3) is 5.69 Å². The number of hydrogen-bond acceptors (Lipinski definition) is 6. The van der Waals surface area contributed by atoms with Gasteiger partial charge >= 0.3 is 0 Å². The predicted octanol–water partition coefficient (Wildman–Crippen LogP) is 3.13. The standard InChI is InChI=1S/C19H21ClFN3O5S/c1-13-12-23(9-10-29-13)18(19-16(20)3-2-4-17(19)21)11-22-30(27,28)15-7-5-14(6-8-15)24(25)26/h2-8,13,18,22H,9-12H2,1H3. The van der Waals surface area contributed by atoms with Gasteiger partial charge in [-0.1, -0.05) is 17.7 Å². The summed E-state index contributed by atoms with van der Waals surface area (Å²) in [6.07, 6.45) is -0.0990. The summed E-state index contributed by atoms with van der Waals surface area (Å²) in [7, 11) is -3.98. The minimum Gasteiger partial charge on any atom is -0.376 e. The van der Waals surface area contributed by atoms with Crippen LogP contribution in [0.3, 0.4) is 0 Å². The predicted molar refractivity (Wildman–Crippen MR) is 109 cm³/mol. The van der Waals surface area contributed by atoms with Gasteiger partial charge in [-0.15, -0.1) is 0 Å². The van der Waals surface area contributed by atoms with Crippen LogP contribution < -0.4 is 4.72 Å². The first kappa shape index (κ1) is 22.6. The molecule has 0 spiro atoms. The van der Waals surface area contributed by atoms with E-state index >= 15 is 0 Å². The van der Waals surface area contributed by atoms with E-state index < -0.39 is 26.8 Å². The van der Waals surface area contributed by atoms with Crippen LogP contribution in [-0.2, 0) is 14.8 Å². The second-order valence-corrected chi connectivity index (χ2v) is 9.10. The number of nitrogens with one attached hydrogen (secondary N) is 1. The SMILES string of the molecule is CC1CN(C(CNS(=O)(=O)c2ccc([N+](=O)[O-])cc2)c2c(F)cccc2Cl)CCO1. The highest BCUT2D eigenvalue weighted by Gasteiger charge is 2.30. The monoisotopic (exact) mass is 457 g/mol. The van der Waals surface area contributed by atoms with Crippen molar-refractivity contribution in [2.45, 2.75) is 24.0 Å². The van der Waals surface area contributed by atoms with Gasteiger partial charge < -0.3 is 4.74 Å². The second kappa shape index (κ2) is 9.36. The first-order valence-corrected chi connectivity index (χ1v) is 11.1. The van der Waals surface area contributed by atoms with E-state index in [4.69, 9.17) is 16.3 Å². The minimum atomic E-state index is -3.98. The molecule has 0 amide bonds. The van der Waals surface area contributed by atoms with E-state index in [1.165, 1.54) is 12.1 Å². The molecule has 2 unspecified atom stereocenters. The van der Waals surface area contributed by atoms with Crippen molar-refractivity contribution in [3.63, 3.8) is 0 Å². The van der Waals surface area contributed by atoms with Gasteiger partial charge in [-0.3, -0.25) is 15.0 Å². The van der Waals surface area contributed by atoms with Crippen molar-refractivity contribution in [3.05, 3.63) is 69.0 Å². The number of ether oxygens (including phenoxy) is 1. The molecule has 3 rings (SSSR count). The van der Waals surface area contributed by atoms with Gasteiger partial charge in [0.15, 0.2) is 0 Å². The van der Waals surface area contributed by atoms with Crippen molar-refractivity contribution >= 4 is 27.3 Å². The molecule has 1 saturated heterocycles. The number of benzene rings is 2. The molecule has 1 aliphatic rings. The number of morpholine rings is 1. The zero-order valence-electron chi connectivity index (χ0n) is 16.1. The lowest BCUT2D eigenvalue weighted by molar-refractivity contribution is -0.384. The highest BCUT2D eigenvalue weighted by molar-refractivity contribution is 7.89. The van der Waals surface area contributed by atoms with Crippen LogP contribution in [0.1, 0.15) is 18.5 Å². The van der Waals surface area contributed by atoms with Crippen LogP contribution in [0.25, 0.3) is 0 Å². The number of hydrogen-bond donors (Lipinski definition) is 1. The van der Waals surface area contributed by atoms with Crippen molar-refractivity contribution in [3.8, 4) is 0 Å². The Morgan fingerprint density at radius 1 is 1.33 bits per heavy atom. The number of halogens is 2. The Hall–Kier alpha value is -2.11. The van der Waals surface area contributed by atoms with Crippen molar-refractivity contribution in [2.75, 3.05) is 26.2 Å². The van der Waals surface area contributed by atoms with Gasteiger partial charge in [0, 0.05) is 42.4 Å². The molecule has 2 atom stereocenters. The maximum Gasteiger partial charge on any atom is 0.269 e. The smallest absolute Gasteiger partial charge is 0.269 e. The molecule has 11 heteroatoms. The summed E-state index contributed by atoms with van der Waals surface area (Å²) in [5.74, 6) is -0.527. The molecular formula is C19H21ClFN3O5S. The van der Waals surface area contributed by atoms with E-state index in [0.29, 0.717) is 19.7 Å². The van der Waals surface area contributed by atoms with E-state index in [-0.39, 0.29) is 33.8 Å². The Labute approximate surface area is 178 Å². The van der Waals surface area contributed by atoms with Crippen LogP contribution in [0.2, 0.25) is 5.02 Å². The summed E-state index contributed by atoms with van der Waals surface area (Å²) in [4.78, 5) is 12.0. The van der Waals surface area contributed by atoms with Crippen molar-refractivity contribution < 1.29 is 22.5 Å².